The summed E-state index contributed by atoms with van der Waals surface area (Å²) >= 11 is 1.46. The Hall–Kier alpha value is -3.10. The highest BCUT2D eigenvalue weighted by Gasteiger charge is 2.10. The van der Waals surface area contributed by atoms with Crippen LogP contribution in [0.15, 0.2) is 47.8 Å². The zero-order valence-corrected chi connectivity index (χ0v) is 15.6. The Bertz CT molecular complexity index is 982. The Morgan fingerprint density at radius 1 is 1.08 bits per heavy atom. The molecule has 2 aromatic carbocycles. The maximum absolute atomic E-state index is 9.58. The van der Waals surface area contributed by atoms with Gasteiger partial charge in [0.2, 0.25) is 0 Å². The molecule has 1 heterocycles. The Balaban J connectivity index is 1.93. The lowest BCUT2D eigenvalue weighted by atomic mass is 10.1. The van der Waals surface area contributed by atoms with Gasteiger partial charge in [-0.25, -0.2) is 4.98 Å². The van der Waals surface area contributed by atoms with Crippen LogP contribution in [0.2, 0.25) is 0 Å². The summed E-state index contributed by atoms with van der Waals surface area (Å²) in [6.07, 6.45) is 1.81. The number of nitrogens with zero attached hydrogens (tertiary/aromatic N) is 2. The summed E-state index contributed by atoms with van der Waals surface area (Å²) in [4.78, 5) is 4.63. The van der Waals surface area contributed by atoms with Gasteiger partial charge in [-0.2, -0.15) is 5.26 Å². The third-order valence-corrected chi connectivity index (χ3v) is 4.80. The highest BCUT2D eigenvalue weighted by atomic mass is 32.1. The first-order valence-corrected chi connectivity index (χ1v) is 8.89. The van der Waals surface area contributed by atoms with Crippen LogP contribution in [0.25, 0.3) is 22.9 Å². The van der Waals surface area contributed by atoms with E-state index in [0.717, 1.165) is 16.8 Å². The van der Waals surface area contributed by atoms with Crippen LogP contribution in [0, 0.1) is 18.3 Å². The van der Waals surface area contributed by atoms with Crippen molar-refractivity contribution >= 4 is 23.0 Å². The average molecular weight is 362 g/mol. The van der Waals surface area contributed by atoms with Gasteiger partial charge in [-0.3, -0.25) is 0 Å². The minimum Gasteiger partial charge on any atom is -0.493 e. The molecule has 3 aromatic rings. The molecule has 0 aliphatic carbocycles. The summed E-state index contributed by atoms with van der Waals surface area (Å²) in [5.74, 6) is 1.28. The predicted octanol–water partition coefficient (Wildman–Crippen LogP) is 5.20. The van der Waals surface area contributed by atoms with Gasteiger partial charge in [0, 0.05) is 10.9 Å². The van der Waals surface area contributed by atoms with Crippen molar-refractivity contribution in [1.29, 1.82) is 5.26 Å². The molecule has 0 N–H and O–H groups in total. The van der Waals surface area contributed by atoms with E-state index in [-0.39, 0.29) is 0 Å². The Morgan fingerprint density at radius 3 is 2.46 bits per heavy atom. The van der Waals surface area contributed by atoms with Crippen LogP contribution < -0.4 is 9.47 Å². The SMILES string of the molecule is COc1ccc(C=C(C#N)c2nc(-c3ccc(C)cc3)cs2)cc1OC. The Kier molecular flexibility index (Phi) is 5.35. The predicted molar refractivity (Wildman–Crippen MR) is 105 cm³/mol. The molecule has 0 aliphatic heterocycles. The number of hydrogen-bond acceptors (Lipinski definition) is 5. The summed E-state index contributed by atoms with van der Waals surface area (Å²) in [6.45, 7) is 2.05. The van der Waals surface area contributed by atoms with Crippen LogP contribution in [0.1, 0.15) is 16.1 Å². The first-order valence-electron chi connectivity index (χ1n) is 8.01. The van der Waals surface area contributed by atoms with Crippen molar-refractivity contribution in [2.24, 2.45) is 0 Å². The van der Waals surface area contributed by atoms with Gasteiger partial charge in [-0.05, 0) is 30.7 Å². The molecule has 26 heavy (non-hydrogen) atoms. The van der Waals surface area contributed by atoms with Crippen molar-refractivity contribution in [2.75, 3.05) is 14.2 Å². The van der Waals surface area contributed by atoms with E-state index in [1.165, 1.54) is 16.9 Å². The molecule has 0 bridgehead atoms. The van der Waals surface area contributed by atoms with E-state index in [9.17, 15) is 5.26 Å². The zero-order chi connectivity index (χ0) is 18.5. The molecular formula is C21H18N2O2S. The van der Waals surface area contributed by atoms with Gasteiger partial charge in [-0.1, -0.05) is 35.9 Å². The largest absolute Gasteiger partial charge is 0.493 e. The van der Waals surface area contributed by atoms with Crippen LogP contribution in [-0.4, -0.2) is 19.2 Å². The topological polar surface area (TPSA) is 55.1 Å². The van der Waals surface area contributed by atoms with E-state index in [4.69, 9.17) is 9.47 Å². The summed E-state index contributed by atoms with van der Waals surface area (Å²) < 4.78 is 10.6. The smallest absolute Gasteiger partial charge is 0.161 e. The summed E-state index contributed by atoms with van der Waals surface area (Å²) in [7, 11) is 3.18. The fourth-order valence-electron chi connectivity index (χ4n) is 2.51. The molecule has 0 saturated carbocycles. The molecule has 0 unspecified atom stereocenters. The number of thiazole rings is 1. The van der Waals surface area contributed by atoms with Gasteiger partial charge in [0.15, 0.2) is 11.5 Å². The molecule has 0 fully saturated rings. The molecular weight excluding hydrogens is 344 g/mol. The van der Waals surface area contributed by atoms with Crippen LogP contribution in [0.4, 0.5) is 0 Å². The lowest BCUT2D eigenvalue weighted by Crippen LogP contribution is -1.91. The lowest BCUT2D eigenvalue weighted by molar-refractivity contribution is 0.355. The summed E-state index contributed by atoms with van der Waals surface area (Å²) in [5.41, 5.74) is 4.49. The number of benzene rings is 2. The normalized spacial score (nSPS) is 11.1. The van der Waals surface area contributed by atoms with Gasteiger partial charge in [0.1, 0.15) is 11.1 Å². The van der Waals surface area contributed by atoms with Gasteiger partial charge >= 0.3 is 0 Å². The van der Waals surface area contributed by atoms with E-state index >= 15 is 0 Å². The first-order chi connectivity index (χ1) is 12.6. The van der Waals surface area contributed by atoms with Crippen LogP contribution in [0.3, 0.4) is 0 Å². The minimum absolute atomic E-state index is 0.514. The number of rotatable bonds is 5. The minimum atomic E-state index is 0.514. The van der Waals surface area contributed by atoms with Crippen molar-refractivity contribution in [3.8, 4) is 28.8 Å². The molecule has 3 rings (SSSR count). The number of ether oxygens (including phenoxy) is 2. The molecule has 130 valence electrons. The van der Waals surface area contributed by atoms with Gasteiger partial charge in [-0.15, -0.1) is 11.3 Å². The lowest BCUT2D eigenvalue weighted by Gasteiger charge is -2.07. The number of nitriles is 1. The van der Waals surface area contributed by atoms with Crippen molar-refractivity contribution in [3.05, 3.63) is 64.0 Å². The van der Waals surface area contributed by atoms with Crippen LogP contribution in [0.5, 0.6) is 11.5 Å². The monoisotopic (exact) mass is 362 g/mol. The van der Waals surface area contributed by atoms with Gasteiger partial charge in [0.05, 0.1) is 25.5 Å². The molecule has 0 radical (unpaired) electrons. The van der Waals surface area contributed by atoms with E-state index in [0.29, 0.717) is 22.1 Å². The van der Waals surface area contributed by atoms with Crippen molar-refractivity contribution in [1.82, 2.24) is 4.98 Å². The summed E-state index contributed by atoms with van der Waals surface area (Å²) in [6, 6.07) is 16.0. The van der Waals surface area contributed by atoms with Crippen molar-refractivity contribution in [3.63, 3.8) is 0 Å². The first kappa shape index (κ1) is 17.7. The third-order valence-electron chi connectivity index (χ3n) is 3.92. The van der Waals surface area contributed by atoms with Crippen LogP contribution in [-0.2, 0) is 0 Å². The number of hydrogen-bond donors (Lipinski definition) is 0. The van der Waals surface area contributed by atoms with Crippen molar-refractivity contribution in [2.45, 2.75) is 6.92 Å². The Labute approximate surface area is 157 Å². The zero-order valence-electron chi connectivity index (χ0n) is 14.8. The molecule has 5 heteroatoms. The van der Waals surface area contributed by atoms with E-state index in [1.54, 1.807) is 20.3 Å². The maximum atomic E-state index is 9.58. The summed E-state index contributed by atoms with van der Waals surface area (Å²) in [5, 5.41) is 12.2. The van der Waals surface area contributed by atoms with E-state index in [1.807, 2.05) is 35.7 Å². The second-order valence-electron chi connectivity index (χ2n) is 5.69. The average Bonchev–Trinajstić information content (AvgIpc) is 3.16. The quantitative estimate of drug-likeness (QED) is 0.585. The highest BCUT2D eigenvalue weighted by Crippen LogP contribution is 2.31. The maximum Gasteiger partial charge on any atom is 0.161 e. The Morgan fingerprint density at radius 2 is 1.81 bits per heavy atom. The van der Waals surface area contributed by atoms with Gasteiger partial charge in [0.25, 0.3) is 0 Å². The highest BCUT2D eigenvalue weighted by molar-refractivity contribution is 7.11. The fourth-order valence-corrected chi connectivity index (χ4v) is 3.30. The van der Waals surface area contributed by atoms with Crippen molar-refractivity contribution < 1.29 is 9.47 Å². The molecule has 0 spiro atoms. The molecule has 0 aliphatic rings. The number of allylic oxidation sites excluding steroid dienone is 1. The molecule has 4 nitrogen and oxygen atoms in total. The second kappa shape index (κ2) is 7.85. The number of aromatic nitrogens is 1. The van der Waals surface area contributed by atoms with Crippen LogP contribution >= 0.6 is 11.3 Å². The molecule has 0 amide bonds. The number of aryl methyl sites for hydroxylation is 1. The van der Waals surface area contributed by atoms with Gasteiger partial charge < -0.3 is 9.47 Å². The van der Waals surface area contributed by atoms with E-state index < -0.39 is 0 Å². The number of methoxy groups -OCH3 is 2. The standard InChI is InChI=1S/C21H18N2O2S/c1-14-4-7-16(8-5-14)18-13-26-21(23-18)17(12-22)10-15-6-9-19(24-2)20(11-15)25-3/h4-11,13H,1-3H3. The second-order valence-corrected chi connectivity index (χ2v) is 6.55. The fraction of sp³-hybridized carbons (Fsp3) is 0.143. The van der Waals surface area contributed by atoms with E-state index in [2.05, 4.69) is 30.1 Å². The third kappa shape index (κ3) is 3.76. The molecule has 1 aromatic heterocycles. The molecule has 0 saturated heterocycles. The molecule has 0 atom stereocenters.